The van der Waals surface area contributed by atoms with Gasteiger partial charge < -0.3 is 10.5 Å². The van der Waals surface area contributed by atoms with Crippen LogP contribution in [0.1, 0.15) is 46.5 Å². The molecule has 0 atom stereocenters. The smallest absolute Gasteiger partial charge is 0.411 e. The minimum absolute atomic E-state index is 0.209. The number of hydrogen-bond acceptors (Lipinski definition) is 3. The summed E-state index contributed by atoms with van der Waals surface area (Å²) >= 11 is 0. The Morgan fingerprint density at radius 3 is 2.21 bits per heavy atom. The van der Waals surface area contributed by atoms with Gasteiger partial charge in [0, 0.05) is 6.54 Å². The lowest BCUT2D eigenvalue weighted by atomic mass is 9.82. The highest BCUT2D eigenvalue weighted by Crippen LogP contribution is 2.55. The first kappa shape index (κ1) is 14.5. The summed E-state index contributed by atoms with van der Waals surface area (Å²) in [7, 11) is 0. The van der Waals surface area contributed by atoms with Crippen LogP contribution in [0.3, 0.4) is 0 Å². The highest BCUT2D eigenvalue weighted by molar-refractivity contribution is 5.72. The van der Waals surface area contributed by atoms with Crippen molar-refractivity contribution >= 4 is 6.09 Å². The molecule has 0 aliphatic carbocycles. The molecular formula is C13H22F2N2O2. The van der Waals surface area contributed by atoms with Crippen LogP contribution in [0.4, 0.5) is 13.6 Å². The van der Waals surface area contributed by atoms with E-state index in [1.807, 2.05) is 0 Å². The molecule has 2 fully saturated rings. The van der Waals surface area contributed by atoms with Gasteiger partial charge in [-0.3, -0.25) is 4.90 Å². The zero-order valence-corrected chi connectivity index (χ0v) is 11.7. The molecule has 0 spiro atoms. The topological polar surface area (TPSA) is 55.6 Å². The molecule has 0 unspecified atom stereocenters. The summed E-state index contributed by atoms with van der Waals surface area (Å²) in [6.45, 7) is 5.40. The average molecular weight is 276 g/mol. The fourth-order valence-electron chi connectivity index (χ4n) is 3.36. The first-order chi connectivity index (χ1) is 8.67. The van der Waals surface area contributed by atoms with Gasteiger partial charge >= 0.3 is 6.09 Å². The third-order valence-electron chi connectivity index (χ3n) is 4.33. The summed E-state index contributed by atoms with van der Waals surface area (Å²) in [4.78, 5) is 13.6. The number of carbonyl (C=O) groups is 1. The van der Waals surface area contributed by atoms with Crippen molar-refractivity contribution in [2.45, 2.75) is 69.6 Å². The number of alkyl halides is 2. The summed E-state index contributed by atoms with van der Waals surface area (Å²) in [5.74, 6) is 0. The van der Waals surface area contributed by atoms with Crippen molar-refractivity contribution in [2.24, 2.45) is 5.73 Å². The van der Waals surface area contributed by atoms with E-state index < -0.39 is 29.2 Å². The van der Waals surface area contributed by atoms with Gasteiger partial charge in [0.05, 0.1) is 5.54 Å². The summed E-state index contributed by atoms with van der Waals surface area (Å²) in [5, 5.41) is 0. The molecule has 0 aromatic rings. The van der Waals surface area contributed by atoms with Crippen LogP contribution in [0.2, 0.25) is 0 Å². The van der Waals surface area contributed by atoms with Crippen molar-refractivity contribution in [3.05, 3.63) is 0 Å². The minimum Gasteiger partial charge on any atom is -0.444 e. The fourth-order valence-corrected chi connectivity index (χ4v) is 3.36. The second-order valence-electron chi connectivity index (χ2n) is 6.65. The number of amides is 1. The second-order valence-corrected chi connectivity index (χ2v) is 6.65. The molecule has 2 bridgehead atoms. The SMILES string of the molecule is CC(C)(C)OC(=O)N1C2(CN)CCC1(C(F)F)CC2. The monoisotopic (exact) mass is 276 g/mol. The van der Waals surface area contributed by atoms with Gasteiger partial charge in [0.2, 0.25) is 0 Å². The number of nitrogens with zero attached hydrogens (tertiary/aromatic N) is 1. The highest BCUT2D eigenvalue weighted by Gasteiger charge is 2.66. The van der Waals surface area contributed by atoms with E-state index in [0.29, 0.717) is 25.7 Å². The van der Waals surface area contributed by atoms with E-state index in [1.165, 1.54) is 4.90 Å². The van der Waals surface area contributed by atoms with Crippen LogP contribution >= 0.6 is 0 Å². The minimum atomic E-state index is -2.56. The molecule has 4 nitrogen and oxygen atoms in total. The van der Waals surface area contributed by atoms with Crippen molar-refractivity contribution in [2.75, 3.05) is 6.54 Å². The third kappa shape index (κ3) is 2.10. The number of nitrogens with two attached hydrogens (primary N) is 1. The molecule has 6 heteroatoms. The summed E-state index contributed by atoms with van der Waals surface area (Å²) in [6.07, 6.45) is -1.54. The molecule has 0 aromatic heterocycles. The maximum Gasteiger partial charge on any atom is 0.411 e. The Bertz CT molecular complexity index is 371. The Balaban J connectivity index is 2.32. The molecule has 0 aromatic carbocycles. The van der Waals surface area contributed by atoms with Gasteiger partial charge in [0.15, 0.2) is 0 Å². The number of rotatable bonds is 2. The standard InChI is InChI=1S/C13H22F2N2O2/c1-11(2,3)19-10(18)17-12(8-16)4-6-13(17,7-5-12)9(14)15/h9H,4-8,16H2,1-3H3. The summed E-state index contributed by atoms with van der Waals surface area (Å²) in [5.41, 5.74) is 3.05. The Morgan fingerprint density at radius 1 is 1.32 bits per heavy atom. The van der Waals surface area contributed by atoms with Crippen LogP contribution in [-0.2, 0) is 4.74 Å². The van der Waals surface area contributed by atoms with Crippen LogP contribution in [0.25, 0.3) is 0 Å². The van der Waals surface area contributed by atoms with Crippen molar-refractivity contribution in [1.82, 2.24) is 4.90 Å². The zero-order chi connectivity index (χ0) is 14.5. The lowest BCUT2D eigenvalue weighted by Gasteiger charge is -2.39. The Hall–Kier alpha value is -0.910. The van der Waals surface area contributed by atoms with Gasteiger partial charge in [-0.1, -0.05) is 0 Å². The maximum atomic E-state index is 13.5. The first-order valence-electron chi connectivity index (χ1n) is 6.68. The third-order valence-corrected chi connectivity index (χ3v) is 4.33. The summed E-state index contributed by atoms with van der Waals surface area (Å²) < 4.78 is 32.3. The van der Waals surface area contributed by atoms with E-state index in [4.69, 9.17) is 10.5 Å². The molecule has 2 rings (SSSR count). The number of hydrogen-bond donors (Lipinski definition) is 1. The predicted octanol–water partition coefficient (Wildman–Crippen LogP) is 2.51. The Labute approximate surface area is 112 Å². The zero-order valence-electron chi connectivity index (χ0n) is 11.7. The molecule has 2 aliphatic heterocycles. The van der Waals surface area contributed by atoms with E-state index in [0.717, 1.165) is 0 Å². The Morgan fingerprint density at radius 2 is 1.84 bits per heavy atom. The van der Waals surface area contributed by atoms with Gasteiger partial charge in [-0.05, 0) is 46.5 Å². The van der Waals surface area contributed by atoms with Crippen LogP contribution in [0, 0.1) is 0 Å². The van der Waals surface area contributed by atoms with Crippen LogP contribution in [0.15, 0.2) is 0 Å². The van der Waals surface area contributed by atoms with E-state index >= 15 is 0 Å². The van der Waals surface area contributed by atoms with Crippen molar-refractivity contribution in [1.29, 1.82) is 0 Å². The number of carbonyl (C=O) groups excluding carboxylic acids is 1. The van der Waals surface area contributed by atoms with Crippen LogP contribution in [0.5, 0.6) is 0 Å². The van der Waals surface area contributed by atoms with E-state index in [2.05, 4.69) is 0 Å². The maximum absolute atomic E-state index is 13.5. The number of halogens is 2. The normalized spacial score (nSPS) is 34.2. The Kier molecular flexibility index (Phi) is 3.28. The highest BCUT2D eigenvalue weighted by atomic mass is 19.3. The van der Waals surface area contributed by atoms with E-state index in [9.17, 15) is 13.6 Å². The number of fused-ring (bicyclic) bond motifs is 2. The lowest BCUT2D eigenvalue weighted by Crippen LogP contribution is -2.57. The molecule has 1 amide bonds. The predicted molar refractivity (Wildman–Crippen MR) is 67.1 cm³/mol. The quantitative estimate of drug-likeness (QED) is 0.843. The van der Waals surface area contributed by atoms with Crippen molar-refractivity contribution in [3.63, 3.8) is 0 Å². The molecular weight excluding hydrogens is 254 g/mol. The summed E-state index contributed by atoms with van der Waals surface area (Å²) in [6, 6.07) is 0. The number of ether oxygens (including phenoxy) is 1. The molecule has 2 aliphatic rings. The van der Waals surface area contributed by atoms with Crippen molar-refractivity contribution in [3.8, 4) is 0 Å². The van der Waals surface area contributed by atoms with Gasteiger partial charge in [-0.15, -0.1) is 0 Å². The van der Waals surface area contributed by atoms with Gasteiger partial charge in [-0.2, -0.15) is 0 Å². The van der Waals surface area contributed by atoms with E-state index in [1.54, 1.807) is 20.8 Å². The molecule has 2 heterocycles. The molecule has 0 saturated carbocycles. The average Bonchev–Trinajstić information content (AvgIpc) is 2.79. The largest absolute Gasteiger partial charge is 0.444 e. The first-order valence-corrected chi connectivity index (χ1v) is 6.68. The molecule has 2 saturated heterocycles. The van der Waals surface area contributed by atoms with E-state index in [-0.39, 0.29) is 6.54 Å². The van der Waals surface area contributed by atoms with Crippen LogP contribution in [-0.4, -0.2) is 40.6 Å². The van der Waals surface area contributed by atoms with Crippen molar-refractivity contribution < 1.29 is 18.3 Å². The van der Waals surface area contributed by atoms with Gasteiger partial charge in [-0.25, -0.2) is 13.6 Å². The van der Waals surface area contributed by atoms with Gasteiger partial charge in [0.25, 0.3) is 6.43 Å². The van der Waals surface area contributed by atoms with Gasteiger partial charge in [0.1, 0.15) is 11.1 Å². The molecule has 110 valence electrons. The molecule has 0 radical (unpaired) electrons. The molecule has 19 heavy (non-hydrogen) atoms. The lowest BCUT2D eigenvalue weighted by molar-refractivity contribution is -0.0490. The van der Waals surface area contributed by atoms with Crippen LogP contribution < -0.4 is 5.73 Å². The fraction of sp³-hybridized carbons (Fsp3) is 0.923. The molecule has 2 N–H and O–H groups in total. The second kappa shape index (κ2) is 4.30.